The number of benzene rings is 1. The average molecular weight is 984 g/mol. The first-order chi connectivity index (χ1) is 30.8. The van der Waals surface area contributed by atoms with Gasteiger partial charge in [-0.1, -0.05) is 5.16 Å². The Kier molecular flexibility index (Phi) is 15.5. The Bertz CT molecular complexity index is 2480. The molecule has 2 saturated heterocycles. The van der Waals surface area contributed by atoms with Crippen LogP contribution in [0.3, 0.4) is 0 Å². The number of rotatable bonds is 17. The Balaban J connectivity index is 1.41. The summed E-state index contributed by atoms with van der Waals surface area (Å²) in [5.41, 5.74) is -4.16. The monoisotopic (exact) mass is 983 g/mol. The number of hydrogen-bond donors (Lipinski definition) is 5. The Morgan fingerprint density at radius 1 is 1.01 bits per heavy atom. The number of carbonyl (C=O) groups excluding carboxylic acids is 5. The van der Waals surface area contributed by atoms with Crippen molar-refractivity contribution in [3.05, 3.63) is 35.5 Å². The van der Waals surface area contributed by atoms with E-state index in [0.29, 0.717) is 35.6 Å². The summed E-state index contributed by atoms with van der Waals surface area (Å²) in [5, 5.41) is 31.3. The van der Waals surface area contributed by atoms with Gasteiger partial charge in [0.05, 0.1) is 30.3 Å². The third-order valence-electron chi connectivity index (χ3n) is 9.56. The van der Waals surface area contributed by atoms with E-state index in [2.05, 4.69) is 25.1 Å². The largest absolute Gasteiger partial charge is 0.489 e. The van der Waals surface area contributed by atoms with E-state index in [4.69, 9.17) is 23.8 Å². The Hall–Kier alpha value is -5.67. The quantitative estimate of drug-likeness (QED) is 0.0247. The van der Waals surface area contributed by atoms with E-state index >= 15 is 0 Å². The molecule has 1 aromatic carbocycles. The van der Waals surface area contributed by atoms with Crippen LogP contribution in [0, 0.1) is 5.92 Å². The Labute approximate surface area is 390 Å². The zero-order valence-electron chi connectivity index (χ0n) is 39.1. The highest BCUT2D eigenvalue weighted by molar-refractivity contribution is 7.80. The summed E-state index contributed by atoms with van der Waals surface area (Å²) in [6.45, 7) is 18.3. The molecular formula is C41H59N8O16S2+. The van der Waals surface area contributed by atoms with Gasteiger partial charge in [-0.3, -0.25) is 19.5 Å². The van der Waals surface area contributed by atoms with Crippen molar-refractivity contribution in [1.82, 2.24) is 24.9 Å². The first-order valence-electron chi connectivity index (χ1n) is 21.0. The number of β-lactam (4-membered cyclic amide) rings is 1. The molecule has 4 amide bonds. The number of thiazole rings is 1. The number of oxime groups is 1. The zero-order chi connectivity index (χ0) is 50.0. The van der Waals surface area contributed by atoms with Gasteiger partial charge in [0, 0.05) is 30.5 Å². The molecule has 0 aliphatic carbocycles. The molecule has 2 aliphatic heterocycles. The molecule has 2 aromatic heterocycles. The molecular weight excluding hydrogens is 925 g/mol. The van der Waals surface area contributed by atoms with Crippen molar-refractivity contribution >= 4 is 73.5 Å². The fourth-order valence-corrected chi connectivity index (χ4v) is 7.75. The van der Waals surface area contributed by atoms with Crippen LogP contribution in [0.15, 0.2) is 34.9 Å². The molecule has 0 unspecified atom stereocenters. The van der Waals surface area contributed by atoms with Crippen LogP contribution in [0.2, 0.25) is 0 Å². The maximum atomic E-state index is 14.0. The highest BCUT2D eigenvalue weighted by Crippen LogP contribution is 2.33. The molecule has 0 radical (unpaired) electrons. The van der Waals surface area contributed by atoms with Crippen molar-refractivity contribution < 1.29 is 79.9 Å². The number of ether oxygens (including phenoxy) is 4. The molecule has 5 rings (SSSR count). The molecule has 2 aliphatic rings. The van der Waals surface area contributed by atoms with E-state index in [1.165, 1.54) is 19.2 Å². The SMILES string of the molecule is CC(C)(C)OC(=O)Nc1nc(/C(=N/O[C@@H](COc2ccc3c(c2)cn(CC2CN(C(=O)OC(C)(C)C)C2)[n+]3C[C@H](O)CO)C(=O)OC(C)(C)C)C(=O)N[C@@H]2C(=O)N(OS(=O)(=O)O)C2(C)C)cs1. The minimum atomic E-state index is -5.11. The molecule has 5 N–H and O–H groups in total. The number of hydroxylamine groups is 2. The summed E-state index contributed by atoms with van der Waals surface area (Å²) in [7, 11) is -5.11. The van der Waals surface area contributed by atoms with Crippen LogP contribution in [0.1, 0.15) is 81.9 Å². The van der Waals surface area contributed by atoms with E-state index in [9.17, 15) is 47.2 Å². The van der Waals surface area contributed by atoms with Crippen LogP contribution in [-0.2, 0) is 61.2 Å². The number of aliphatic hydroxyl groups is 2. The lowest BCUT2D eigenvalue weighted by atomic mass is 9.84. The fourth-order valence-electron chi connectivity index (χ4n) is 6.62. The molecule has 2 fully saturated rings. The summed E-state index contributed by atoms with van der Waals surface area (Å²) in [6.07, 6.45) is -2.16. The van der Waals surface area contributed by atoms with Crippen LogP contribution < -0.4 is 20.1 Å². The topological polar surface area (TPSA) is 300 Å². The standard InChI is InChI=1S/C41H58N8O16S2/c1-38(2,3)61-34(54)29(21-60-26-12-13-28-24(14-26)18-47(48(28)19-25(51)20-50)17-23-15-46(16-23)37(56)63-40(7,8)9)64-45-30(27-22-66-35(42-27)44-36(55)62-39(4,5)6)32(52)43-31-33(53)49(41(31,10)11)65-67(57,58)59/h12-14,18,22-23,25,29,31,50-51H,15-17,19-21H2,1-11H3,(H2-,42,43,44,52,55,57,58,59)/p+1/b45-30-/t25-,29-,31+/m0/s1. The fraction of sp³-hybridized carbons (Fsp3) is 0.610. The number of anilines is 1. The van der Waals surface area contributed by atoms with Crippen molar-refractivity contribution in [1.29, 1.82) is 0 Å². The number of aromatic nitrogens is 3. The number of esters is 1. The van der Waals surface area contributed by atoms with Crippen LogP contribution in [-0.4, -0.2) is 145 Å². The van der Waals surface area contributed by atoms with Crippen molar-refractivity contribution in [2.75, 3.05) is 31.6 Å². The van der Waals surface area contributed by atoms with E-state index in [-0.39, 0.29) is 29.0 Å². The Morgan fingerprint density at radius 2 is 1.66 bits per heavy atom. The lowest BCUT2D eigenvalue weighted by molar-refractivity contribution is -0.759. The average Bonchev–Trinajstić information content (AvgIpc) is 3.75. The maximum Gasteiger partial charge on any atom is 0.418 e. The number of likely N-dealkylation sites (tertiary alicyclic amines) is 1. The predicted molar refractivity (Wildman–Crippen MR) is 237 cm³/mol. The van der Waals surface area contributed by atoms with E-state index in [0.717, 1.165) is 11.3 Å². The number of nitrogens with one attached hydrogen (secondary N) is 2. The van der Waals surface area contributed by atoms with Gasteiger partial charge in [-0.15, -0.1) is 20.3 Å². The molecule has 0 saturated carbocycles. The molecule has 26 heteroatoms. The summed E-state index contributed by atoms with van der Waals surface area (Å²) < 4.78 is 62.4. The minimum absolute atomic E-state index is 0.0311. The number of nitrogens with zero attached hydrogens (tertiary/aromatic N) is 6. The molecule has 3 atom stereocenters. The van der Waals surface area contributed by atoms with E-state index in [1.807, 2.05) is 10.9 Å². The summed E-state index contributed by atoms with van der Waals surface area (Å²) >= 11 is 0.874. The minimum Gasteiger partial charge on any atom is -0.489 e. The van der Waals surface area contributed by atoms with Gasteiger partial charge in [0.25, 0.3) is 17.9 Å². The van der Waals surface area contributed by atoms with E-state index in [1.54, 1.807) is 90.1 Å². The summed E-state index contributed by atoms with van der Waals surface area (Å²) in [6, 6.07) is 3.58. The predicted octanol–water partition coefficient (Wildman–Crippen LogP) is 2.30. The van der Waals surface area contributed by atoms with Gasteiger partial charge >= 0.3 is 28.6 Å². The number of amides is 4. The summed E-state index contributed by atoms with van der Waals surface area (Å²) in [4.78, 5) is 77.1. The lowest BCUT2D eigenvalue weighted by Crippen LogP contribution is -2.76. The van der Waals surface area contributed by atoms with E-state index < -0.39 is 99.9 Å². The second-order valence-corrected chi connectivity index (χ2v) is 21.2. The second-order valence-electron chi connectivity index (χ2n) is 19.4. The highest BCUT2D eigenvalue weighted by atomic mass is 32.3. The van der Waals surface area contributed by atoms with Crippen molar-refractivity contribution in [3.63, 3.8) is 0 Å². The van der Waals surface area contributed by atoms with Gasteiger partial charge < -0.3 is 44.2 Å². The van der Waals surface area contributed by atoms with Gasteiger partial charge in [0.1, 0.15) is 47.0 Å². The van der Waals surface area contributed by atoms with Gasteiger partial charge in [-0.25, -0.2) is 19.4 Å². The van der Waals surface area contributed by atoms with Crippen molar-refractivity contribution in [2.24, 2.45) is 11.1 Å². The van der Waals surface area contributed by atoms with Crippen LogP contribution >= 0.6 is 11.3 Å². The number of fused-ring (bicyclic) bond motifs is 1. The third kappa shape index (κ3) is 14.2. The molecule has 4 heterocycles. The van der Waals surface area contributed by atoms with Gasteiger partial charge in [0.15, 0.2) is 10.8 Å². The molecule has 0 bridgehead atoms. The molecule has 370 valence electrons. The summed E-state index contributed by atoms with van der Waals surface area (Å²) in [5.74, 6) is -2.76. The normalized spacial score (nSPS) is 17.8. The number of carbonyl (C=O) groups is 5. The molecule has 0 spiro atoms. The van der Waals surface area contributed by atoms with Gasteiger partial charge in [-0.05, 0) is 88.3 Å². The van der Waals surface area contributed by atoms with Crippen LogP contribution in [0.4, 0.5) is 14.7 Å². The molecule has 24 nitrogen and oxygen atoms in total. The zero-order valence-corrected chi connectivity index (χ0v) is 40.7. The third-order valence-corrected chi connectivity index (χ3v) is 10.7. The smallest absolute Gasteiger partial charge is 0.418 e. The molecule has 67 heavy (non-hydrogen) atoms. The van der Waals surface area contributed by atoms with Crippen LogP contribution in [0.25, 0.3) is 10.9 Å². The second kappa shape index (κ2) is 19.9. The lowest BCUT2D eigenvalue weighted by Gasteiger charge is -2.50. The van der Waals surface area contributed by atoms with Gasteiger partial charge in [0.2, 0.25) is 12.1 Å². The highest BCUT2D eigenvalue weighted by Gasteiger charge is 2.58. The maximum absolute atomic E-state index is 14.0. The van der Waals surface area contributed by atoms with Crippen LogP contribution in [0.5, 0.6) is 5.75 Å². The first kappa shape index (κ1) is 52.3. The van der Waals surface area contributed by atoms with Crippen molar-refractivity contribution in [2.45, 2.75) is 130 Å². The van der Waals surface area contributed by atoms with Gasteiger partial charge in [-0.2, -0.15) is 18.2 Å². The molecule has 3 aromatic rings. The first-order valence-corrected chi connectivity index (χ1v) is 23.2. The Morgan fingerprint density at radius 3 is 2.24 bits per heavy atom. The number of hydrogen-bond acceptors (Lipinski definition) is 18. The number of aliphatic hydroxyl groups excluding tert-OH is 2. The van der Waals surface area contributed by atoms with Crippen molar-refractivity contribution in [3.8, 4) is 5.75 Å².